The van der Waals surface area contributed by atoms with Crippen molar-refractivity contribution in [2.75, 3.05) is 45.9 Å². The Labute approximate surface area is 116 Å². The molecule has 0 aliphatic carbocycles. The van der Waals surface area contributed by atoms with Crippen LogP contribution >= 0.6 is 0 Å². The van der Waals surface area contributed by atoms with Crippen molar-refractivity contribution < 1.29 is 9.53 Å². The molecule has 2 aliphatic heterocycles. The van der Waals surface area contributed by atoms with E-state index in [4.69, 9.17) is 4.74 Å². The summed E-state index contributed by atoms with van der Waals surface area (Å²) in [7, 11) is 0. The molecule has 2 saturated heterocycles. The monoisotopic (exact) mass is 269 g/mol. The number of nitrogens with zero attached hydrogens (tertiary/aromatic N) is 1. The maximum atomic E-state index is 12.3. The van der Waals surface area contributed by atoms with Gasteiger partial charge in [0.25, 0.3) is 0 Å². The molecule has 1 atom stereocenters. The maximum Gasteiger partial charge on any atom is 0.227 e. The number of carbonyl (C=O) groups excluding carboxylic acids is 1. The maximum absolute atomic E-state index is 12.3. The van der Waals surface area contributed by atoms with Gasteiger partial charge in [0.2, 0.25) is 5.91 Å². The van der Waals surface area contributed by atoms with Gasteiger partial charge in [-0.1, -0.05) is 0 Å². The molecule has 1 amide bonds. The van der Waals surface area contributed by atoms with Crippen LogP contribution < -0.4 is 10.6 Å². The van der Waals surface area contributed by atoms with Crippen LogP contribution in [0.25, 0.3) is 0 Å². The van der Waals surface area contributed by atoms with Gasteiger partial charge in [-0.15, -0.1) is 0 Å². The van der Waals surface area contributed by atoms with E-state index in [-0.39, 0.29) is 17.4 Å². The first-order chi connectivity index (χ1) is 9.08. The van der Waals surface area contributed by atoms with E-state index in [2.05, 4.69) is 15.5 Å². The Morgan fingerprint density at radius 3 is 2.79 bits per heavy atom. The van der Waals surface area contributed by atoms with Gasteiger partial charge in [-0.3, -0.25) is 9.69 Å². The summed E-state index contributed by atoms with van der Waals surface area (Å²) in [6, 6.07) is 0. The highest BCUT2D eigenvalue weighted by Gasteiger charge is 2.31. The summed E-state index contributed by atoms with van der Waals surface area (Å²) in [4.78, 5) is 14.6. The molecule has 2 rings (SSSR count). The Hall–Kier alpha value is -0.650. The van der Waals surface area contributed by atoms with Crippen molar-refractivity contribution in [1.82, 2.24) is 15.5 Å². The number of ether oxygens (including phenoxy) is 1. The largest absolute Gasteiger partial charge is 0.376 e. The molecule has 19 heavy (non-hydrogen) atoms. The summed E-state index contributed by atoms with van der Waals surface area (Å²) in [6.45, 7) is 10.5. The van der Waals surface area contributed by atoms with E-state index in [0.717, 1.165) is 52.2 Å². The van der Waals surface area contributed by atoms with Gasteiger partial charge in [0.05, 0.1) is 11.5 Å². The van der Waals surface area contributed by atoms with Crippen LogP contribution in [0.4, 0.5) is 0 Å². The predicted molar refractivity (Wildman–Crippen MR) is 75.1 cm³/mol. The molecular formula is C14H27N3O2. The van der Waals surface area contributed by atoms with Crippen molar-refractivity contribution >= 4 is 5.91 Å². The summed E-state index contributed by atoms with van der Waals surface area (Å²) < 4.78 is 5.53. The van der Waals surface area contributed by atoms with Crippen LogP contribution in [0.1, 0.15) is 26.7 Å². The zero-order valence-corrected chi connectivity index (χ0v) is 12.2. The Bertz CT molecular complexity index is 295. The Morgan fingerprint density at radius 1 is 1.42 bits per heavy atom. The summed E-state index contributed by atoms with van der Waals surface area (Å²) in [5, 5.41) is 6.38. The fourth-order valence-electron chi connectivity index (χ4n) is 2.75. The van der Waals surface area contributed by atoms with E-state index in [9.17, 15) is 4.79 Å². The van der Waals surface area contributed by atoms with Gasteiger partial charge >= 0.3 is 0 Å². The fourth-order valence-corrected chi connectivity index (χ4v) is 2.75. The second kappa shape index (κ2) is 6.68. The molecule has 110 valence electrons. The van der Waals surface area contributed by atoms with Crippen LogP contribution in [0.15, 0.2) is 0 Å². The molecule has 0 radical (unpaired) electrons. The summed E-state index contributed by atoms with van der Waals surface area (Å²) in [5.41, 5.74) is -0.337. The third-order valence-electron chi connectivity index (χ3n) is 3.96. The van der Waals surface area contributed by atoms with E-state index in [1.54, 1.807) is 0 Å². The van der Waals surface area contributed by atoms with Crippen LogP contribution in [0.3, 0.4) is 0 Å². The van der Waals surface area contributed by atoms with Gasteiger partial charge in [-0.25, -0.2) is 0 Å². The molecule has 0 bridgehead atoms. The summed E-state index contributed by atoms with van der Waals surface area (Å²) in [6.07, 6.45) is 2.40. The third-order valence-corrected chi connectivity index (χ3v) is 3.96. The van der Waals surface area contributed by atoms with E-state index in [1.807, 2.05) is 13.8 Å². The van der Waals surface area contributed by atoms with E-state index >= 15 is 0 Å². The first-order valence-electron chi connectivity index (χ1n) is 7.41. The lowest BCUT2D eigenvalue weighted by atomic mass is 9.91. The van der Waals surface area contributed by atoms with Crippen molar-refractivity contribution in [3.05, 3.63) is 0 Å². The second-order valence-electron chi connectivity index (χ2n) is 6.26. The molecule has 2 aliphatic rings. The van der Waals surface area contributed by atoms with Crippen LogP contribution in [-0.2, 0) is 9.53 Å². The highest BCUT2D eigenvalue weighted by atomic mass is 16.5. The minimum atomic E-state index is -0.337. The average molecular weight is 269 g/mol. The summed E-state index contributed by atoms with van der Waals surface area (Å²) in [5.74, 6) is 0.140. The van der Waals surface area contributed by atoms with Crippen LogP contribution in [-0.4, -0.2) is 62.8 Å². The number of piperazine rings is 1. The number of hydrogen-bond acceptors (Lipinski definition) is 4. The smallest absolute Gasteiger partial charge is 0.227 e. The van der Waals surface area contributed by atoms with Crippen LogP contribution in [0.5, 0.6) is 0 Å². The fraction of sp³-hybridized carbons (Fsp3) is 0.929. The molecular weight excluding hydrogens is 242 g/mol. The van der Waals surface area contributed by atoms with E-state index in [0.29, 0.717) is 6.54 Å². The third kappa shape index (κ3) is 4.44. The van der Waals surface area contributed by atoms with Crippen molar-refractivity contribution in [2.24, 2.45) is 5.41 Å². The number of nitrogens with one attached hydrogen (secondary N) is 2. The molecule has 5 nitrogen and oxygen atoms in total. The normalized spacial score (nSPS) is 25.5. The zero-order chi connectivity index (χ0) is 13.7. The highest BCUT2D eigenvalue weighted by molar-refractivity contribution is 5.82. The topological polar surface area (TPSA) is 53.6 Å². The minimum absolute atomic E-state index is 0.140. The van der Waals surface area contributed by atoms with Crippen molar-refractivity contribution in [1.29, 1.82) is 0 Å². The molecule has 0 aromatic rings. The molecule has 5 heteroatoms. The number of carbonyl (C=O) groups is 1. The first kappa shape index (κ1) is 14.8. The average Bonchev–Trinajstić information content (AvgIpc) is 2.89. The number of amides is 1. The number of hydrogen-bond donors (Lipinski definition) is 2. The van der Waals surface area contributed by atoms with Crippen molar-refractivity contribution in [2.45, 2.75) is 32.8 Å². The lowest BCUT2D eigenvalue weighted by Crippen LogP contribution is -2.51. The van der Waals surface area contributed by atoms with Gasteiger partial charge in [0.15, 0.2) is 0 Å². The summed E-state index contributed by atoms with van der Waals surface area (Å²) >= 11 is 0. The van der Waals surface area contributed by atoms with Gasteiger partial charge in [-0.05, 0) is 26.7 Å². The molecule has 0 aromatic heterocycles. The predicted octanol–water partition coefficient (Wildman–Crippen LogP) is 0.213. The zero-order valence-electron chi connectivity index (χ0n) is 12.2. The first-order valence-corrected chi connectivity index (χ1v) is 7.41. The van der Waals surface area contributed by atoms with Crippen molar-refractivity contribution in [3.63, 3.8) is 0 Å². The molecule has 2 heterocycles. The van der Waals surface area contributed by atoms with Crippen LogP contribution in [0, 0.1) is 5.41 Å². The Kier molecular flexibility index (Phi) is 5.19. The molecule has 2 N–H and O–H groups in total. The minimum Gasteiger partial charge on any atom is -0.376 e. The quantitative estimate of drug-likeness (QED) is 0.749. The second-order valence-corrected chi connectivity index (χ2v) is 6.26. The van der Waals surface area contributed by atoms with Crippen molar-refractivity contribution in [3.8, 4) is 0 Å². The molecule has 0 saturated carbocycles. The van der Waals surface area contributed by atoms with E-state index < -0.39 is 0 Å². The van der Waals surface area contributed by atoms with Gasteiger partial charge in [0, 0.05) is 45.9 Å². The number of rotatable bonds is 5. The van der Waals surface area contributed by atoms with Crippen LogP contribution in [0.2, 0.25) is 0 Å². The molecule has 2 fully saturated rings. The van der Waals surface area contributed by atoms with E-state index in [1.165, 1.54) is 0 Å². The SMILES string of the molecule is CC(C)(CN1CCNCC1)C(=O)NCC1CCCO1. The van der Waals surface area contributed by atoms with Gasteiger partial charge in [0.1, 0.15) is 0 Å². The Balaban J connectivity index is 1.74. The lowest BCUT2D eigenvalue weighted by Gasteiger charge is -2.34. The lowest BCUT2D eigenvalue weighted by molar-refractivity contribution is -0.131. The Morgan fingerprint density at radius 2 is 2.16 bits per heavy atom. The highest BCUT2D eigenvalue weighted by Crippen LogP contribution is 2.18. The molecule has 0 aromatic carbocycles. The molecule has 1 unspecified atom stereocenters. The van der Waals surface area contributed by atoms with Gasteiger partial charge < -0.3 is 15.4 Å². The molecule has 0 spiro atoms. The van der Waals surface area contributed by atoms with Gasteiger partial charge in [-0.2, -0.15) is 0 Å². The standard InChI is InChI=1S/C14H27N3O2/c1-14(2,11-17-7-5-15-6-8-17)13(18)16-10-12-4-3-9-19-12/h12,15H,3-11H2,1-2H3,(H,16,18).